The van der Waals surface area contributed by atoms with Crippen molar-refractivity contribution in [2.75, 3.05) is 0 Å². The Hall–Kier alpha value is -3.69. The summed E-state index contributed by atoms with van der Waals surface area (Å²) in [5.41, 5.74) is 4.46. The number of nitrogens with zero attached hydrogens (tertiary/aromatic N) is 1. The molecule has 3 heteroatoms. The van der Waals surface area contributed by atoms with Gasteiger partial charge in [0.15, 0.2) is 0 Å². The summed E-state index contributed by atoms with van der Waals surface area (Å²) in [7, 11) is 0. The number of aromatic amines is 1. The number of fused-ring (bicyclic) bond motifs is 8. The third-order valence-corrected chi connectivity index (χ3v) is 7.11. The molecule has 0 spiro atoms. The van der Waals surface area contributed by atoms with Crippen LogP contribution in [-0.4, -0.2) is 9.97 Å². The zero-order valence-corrected chi connectivity index (χ0v) is 16.8. The zero-order chi connectivity index (χ0) is 19.7. The van der Waals surface area contributed by atoms with E-state index in [0.29, 0.717) is 0 Å². The monoisotopic (exact) mass is 400 g/mol. The number of rotatable bonds is 1. The minimum absolute atomic E-state index is 1.04. The quantitative estimate of drug-likeness (QED) is 0.298. The molecule has 0 atom stereocenters. The van der Waals surface area contributed by atoms with E-state index < -0.39 is 0 Å². The molecule has 3 aromatic heterocycles. The molecule has 3 heterocycles. The Bertz CT molecular complexity index is 1750. The molecule has 4 aromatic carbocycles. The highest BCUT2D eigenvalue weighted by atomic mass is 32.1. The van der Waals surface area contributed by atoms with Crippen molar-refractivity contribution in [2.24, 2.45) is 0 Å². The van der Waals surface area contributed by atoms with Gasteiger partial charge in [0.2, 0.25) is 0 Å². The maximum atomic E-state index is 5.13. The summed E-state index contributed by atoms with van der Waals surface area (Å²) in [6.45, 7) is 0. The molecular formula is C27H16N2S. The van der Waals surface area contributed by atoms with Gasteiger partial charge >= 0.3 is 0 Å². The van der Waals surface area contributed by atoms with E-state index in [9.17, 15) is 0 Å². The average molecular weight is 401 g/mol. The number of nitrogens with one attached hydrogen (secondary N) is 1. The van der Waals surface area contributed by atoms with Crippen molar-refractivity contribution in [1.29, 1.82) is 0 Å². The molecule has 0 unspecified atom stereocenters. The van der Waals surface area contributed by atoms with E-state index in [1.54, 1.807) is 0 Å². The van der Waals surface area contributed by atoms with Gasteiger partial charge in [-0.25, -0.2) is 4.98 Å². The molecule has 0 aliphatic carbocycles. The first kappa shape index (κ1) is 16.1. The van der Waals surface area contributed by atoms with Crippen molar-refractivity contribution < 1.29 is 0 Å². The van der Waals surface area contributed by atoms with Crippen molar-refractivity contribution in [3.8, 4) is 11.3 Å². The molecule has 0 bridgehead atoms. The number of pyridine rings is 1. The molecule has 0 saturated heterocycles. The Balaban J connectivity index is 1.68. The summed E-state index contributed by atoms with van der Waals surface area (Å²) < 4.78 is 1.25. The molecule has 0 radical (unpaired) electrons. The summed E-state index contributed by atoms with van der Waals surface area (Å²) in [6, 6.07) is 32.2. The van der Waals surface area contributed by atoms with E-state index in [-0.39, 0.29) is 0 Å². The molecule has 7 rings (SSSR count). The smallest absolute Gasteiger partial charge is 0.102 e. The van der Waals surface area contributed by atoms with E-state index >= 15 is 0 Å². The van der Waals surface area contributed by atoms with Crippen LogP contribution < -0.4 is 0 Å². The lowest BCUT2D eigenvalue weighted by Crippen LogP contribution is -1.87. The van der Waals surface area contributed by atoms with Gasteiger partial charge in [-0.05, 0) is 29.0 Å². The average Bonchev–Trinajstić information content (AvgIpc) is 3.34. The molecule has 30 heavy (non-hydrogen) atoms. The van der Waals surface area contributed by atoms with E-state index in [4.69, 9.17) is 4.98 Å². The van der Waals surface area contributed by atoms with Crippen molar-refractivity contribution in [2.45, 2.75) is 0 Å². The normalized spacial score (nSPS) is 12.0. The van der Waals surface area contributed by atoms with Crippen LogP contribution in [0.5, 0.6) is 0 Å². The molecule has 2 nitrogen and oxygen atoms in total. The second-order valence-electron chi connectivity index (χ2n) is 7.72. The first-order valence-corrected chi connectivity index (χ1v) is 10.9. The fraction of sp³-hybridized carbons (Fsp3) is 0. The molecule has 0 saturated carbocycles. The summed E-state index contributed by atoms with van der Waals surface area (Å²) >= 11 is 1.81. The number of benzene rings is 4. The lowest BCUT2D eigenvalue weighted by molar-refractivity contribution is 1.44. The highest BCUT2D eigenvalue weighted by Gasteiger charge is 2.19. The van der Waals surface area contributed by atoms with Crippen LogP contribution in [0.15, 0.2) is 91.0 Å². The Morgan fingerprint density at radius 1 is 0.667 bits per heavy atom. The Morgan fingerprint density at radius 3 is 2.37 bits per heavy atom. The van der Waals surface area contributed by atoms with Gasteiger partial charge in [0.1, 0.15) is 4.83 Å². The first-order valence-electron chi connectivity index (χ1n) is 10.1. The number of aromatic nitrogens is 2. The molecule has 7 aromatic rings. The number of hydrogen-bond acceptors (Lipinski definition) is 2. The fourth-order valence-electron chi connectivity index (χ4n) is 4.62. The van der Waals surface area contributed by atoms with Crippen LogP contribution in [0.1, 0.15) is 0 Å². The Labute approximate surface area is 176 Å². The highest BCUT2D eigenvalue weighted by Crippen LogP contribution is 2.45. The molecular weight excluding hydrogens is 384 g/mol. The lowest BCUT2D eigenvalue weighted by Gasteiger charge is -2.08. The largest absolute Gasteiger partial charge is 0.346 e. The minimum atomic E-state index is 1.04. The fourth-order valence-corrected chi connectivity index (χ4v) is 5.87. The predicted molar refractivity (Wildman–Crippen MR) is 129 cm³/mol. The SMILES string of the molecule is c1ccc2cc(-c3nc4ccccc4c4c3sc3[nH]c5ccccc5c34)ccc2c1. The minimum Gasteiger partial charge on any atom is -0.346 e. The van der Waals surface area contributed by atoms with Crippen LogP contribution >= 0.6 is 11.3 Å². The Morgan fingerprint density at radius 2 is 1.43 bits per heavy atom. The van der Waals surface area contributed by atoms with Gasteiger partial charge in [0, 0.05) is 32.6 Å². The molecule has 0 aliphatic heterocycles. The maximum Gasteiger partial charge on any atom is 0.102 e. The number of hydrogen-bond donors (Lipinski definition) is 1. The van der Waals surface area contributed by atoms with Crippen molar-refractivity contribution in [1.82, 2.24) is 9.97 Å². The van der Waals surface area contributed by atoms with Gasteiger partial charge in [0.05, 0.1) is 15.9 Å². The third-order valence-electron chi connectivity index (χ3n) is 6.00. The summed E-state index contributed by atoms with van der Waals surface area (Å²) in [4.78, 5) is 9.98. The summed E-state index contributed by atoms with van der Waals surface area (Å²) in [5.74, 6) is 0. The van der Waals surface area contributed by atoms with Crippen molar-refractivity contribution >= 4 is 64.2 Å². The van der Waals surface area contributed by atoms with E-state index in [1.807, 2.05) is 11.3 Å². The molecule has 140 valence electrons. The van der Waals surface area contributed by atoms with Crippen LogP contribution in [0.25, 0.3) is 64.1 Å². The van der Waals surface area contributed by atoms with E-state index in [2.05, 4.69) is 96.0 Å². The van der Waals surface area contributed by atoms with Crippen LogP contribution in [-0.2, 0) is 0 Å². The standard InChI is InChI=1S/C27H16N2S/c1-2-8-17-15-18(14-13-16(17)7-1)25-26-23(19-9-3-5-11-21(19)28-25)24-20-10-4-6-12-22(20)29-27(24)30-26/h1-15,29H. The number of H-pyrrole nitrogens is 1. The second kappa shape index (κ2) is 5.91. The van der Waals surface area contributed by atoms with Gasteiger partial charge in [-0.15, -0.1) is 11.3 Å². The van der Waals surface area contributed by atoms with E-state index in [0.717, 1.165) is 16.8 Å². The molecule has 0 amide bonds. The topological polar surface area (TPSA) is 28.7 Å². The Kier molecular flexibility index (Phi) is 3.18. The van der Waals surface area contributed by atoms with Gasteiger partial charge in [-0.2, -0.15) is 0 Å². The summed E-state index contributed by atoms with van der Waals surface area (Å²) in [5, 5.41) is 7.60. The van der Waals surface area contributed by atoms with Gasteiger partial charge < -0.3 is 4.98 Å². The van der Waals surface area contributed by atoms with Crippen molar-refractivity contribution in [3.05, 3.63) is 91.0 Å². The first-order chi connectivity index (χ1) is 14.9. The van der Waals surface area contributed by atoms with Gasteiger partial charge in [-0.1, -0.05) is 72.8 Å². The van der Waals surface area contributed by atoms with Crippen LogP contribution in [0.3, 0.4) is 0 Å². The van der Waals surface area contributed by atoms with Gasteiger partial charge in [-0.3, -0.25) is 0 Å². The van der Waals surface area contributed by atoms with Crippen LogP contribution in [0, 0.1) is 0 Å². The number of thiophene rings is 1. The zero-order valence-electron chi connectivity index (χ0n) is 16.0. The lowest BCUT2D eigenvalue weighted by atomic mass is 10.0. The predicted octanol–water partition coefficient (Wildman–Crippen LogP) is 7.90. The maximum absolute atomic E-state index is 5.13. The third kappa shape index (κ3) is 2.15. The second-order valence-corrected chi connectivity index (χ2v) is 8.74. The van der Waals surface area contributed by atoms with Gasteiger partial charge in [0.25, 0.3) is 0 Å². The highest BCUT2D eigenvalue weighted by molar-refractivity contribution is 7.26. The molecule has 0 aliphatic rings. The van der Waals surface area contributed by atoms with Crippen molar-refractivity contribution in [3.63, 3.8) is 0 Å². The van der Waals surface area contributed by atoms with Crippen LogP contribution in [0.2, 0.25) is 0 Å². The van der Waals surface area contributed by atoms with E-state index in [1.165, 1.54) is 47.4 Å². The van der Waals surface area contributed by atoms with Crippen LogP contribution in [0.4, 0.5) is 0 Å². The summed E-state index contributed by atoms with van der Waals surface area (Å²) in [6.07, 6.45) is 0. The molecule has 0 fully saturated rings. The molecule has 1 N–H and O–H groups in total. The number of para-hydroxylation sites is 2.